The minimum Gasteiger partial charge on any atom is -0.460 e. The SMILES string of the molecule is CC(=O)O[C@@H]1C[C@]2(CO)[C@H]3CCC4=C5C(=O)C[C@H]6[C@@H](C)CO[C@H](O)[C@@]56CC[C@]4(C)[C@@]3(C)CC[C@H]2C(C)(C)[C@H]1O[C@H]1O[C@@H](CO)[C@H](O)[C@@H](O)[C@@H]1O. The Kier molecular flexibility index (Phi) is 9.05. The summed E-state index contributed by atoms with van der Waals surface area (Å²) >= 11 is 0. The summed E-state index contributed by atoms with van der Waals surface area (Å²) < 4.78 is 24.2. The molecule has 2 saturated heterocycles. The van der Waals surface area contributed by atoms with Crippen LogP contribution in [-0.4, -0.2) is 111 Å². The molecule has 2 heterocycles. The van der Waals surface area contributed by atoms with Gasteiger partial charge < -0.3 is 49.6 Å². The van der Waals surface area contributed by atoms with Crippen molar-refractivity contribution in [3.63, 3.8) is 0 Å². The lowest BCUT2D eigenvalue weighted by atomic mass is 9.34. The van der Waals surface area contributed by atoms with Crippen molar-refractivity contribution < 1.29 is 59.2 Å². The minimum atomic E-state index is -1.62. The standard InChI is InChI=1S/C38H58O12/c1-18-16-47-33(46)38-12-11-35(5)20(27(38)22(42)13-21(18)38)7-8-26-36(35,6)10-9-25-34(3,4)31(23(48-19(2)41)14-37(25,26)17-40)50-32-30(45)29(44)28(43)24(15-39)49-32/h18,21,23-26,28-33,39-40,43-46H,7-17H2,1-6H3/t18-,21-,23+,24-,25-,26-,28-,29+,30-,31-,32+,33-,35-,36-,37+,38+/m0/s1. The number of allylic oxidation sites excluding steroid dienone is 1. The number of aliphatic hydroxyl groups excluding tert-OH is 6. The highest BCUT2D eigenvalue weighted by molar-refractivity contribution is 6.01. The quantitative estimate of drug-likeness (QED) is 0.180. The first-order valence-electron chi connectivity index (χ1n) is 18.8. The Morgan fingerprint density at radius 1 is 0.960 bits per heavy atom. The summed E-state index contributed by atoms with van der Waals surface area (Å²) in [6, 6.07) is 0. The summed E-state index contributed by atoms with van der Waals surface area (Å²) in [5.41, 5.74) is -0.796. The van der Waals surface area contributed by atoms with Crippen LogP contribution in [-0.2, 0) is 28.5 Å². The molecule has 1 spiro atoms. The monoisotopic (exact) mass is 706 g/mol. The molecule has 0 aromatic carbocycles. The van der Waals surface area contributed by atoms with Crippen molar-refractivity contribution in [2.75, 3.05) is 19.8 Å². The number of ether oxygens (including phenoxy) is 4. The van der Waals surface area contributed by atoms with Crippen LogP contribution in [0.2, 0.25) is 0 Å². The van der Waals surface area contributed by atoms with Crippen molar-refractivity contribution in [1.29, 1.82) is 0 Å². The van der Waals surface area contributed by atoms with Crippen LogP contribution < -0.4 is 0 Å². The molecule has 7 rings (SSSR count). The van der Waals surface area contributed by atoms with Crippen LogP contribution in [0.5, 0.6) is 0 Å². The van der Waals surface area contributed by atoms with Crippen molar-refractivity contribution in [2.45, 2.75) is 142 Å². The number of carbonyl (C=O) groups excluding carboxylic acids is 2. The molecule has 282 valence electrons. The maximum atomic E-state index is 14.0. The van der Waals surface area contributed by atoms with Gasteiger partial charge in [0.05, 0.1) is 18.6 Å². The van der Waals surface area contributed by atoms with E-state index in [-0.39, 0.29) is 46.9 Å². The van der Waals surface area contributed by atoms with Crippen molar-refractivity contribution in [3.8, 4) is 0 Å². The lowest BCUT2D eigenvalue weighted by Gasteiger charge is -2.71. The predicted molar refractivity (Wildman–Crippen MR) is 177 cm³/mol. The van der Waals surface area contributed by atoms with Gasteiger partial charge in [-0.2, -0.15) is 0 Å². The molecule has 6 fully saturated rings. The molecular formula is C38H58O12. The molecule has 0 aromatic rings. The number of aliphatic hydroxyl groups is 6. The van der Waals surface area contributed by atoms with Crippen LogP contribution >= 0.6 is 0 Å². The van der Waals surface area contributed by atoms with E-state index in [0.717, 1.165) is 36.8 Å². The molecule has 0 radical (unpaired) electrons. The van der Waals surface area contributed by atoms with E-state index in [2.05, 4.69) is 20.8 Å². The average molecular weight is 707 g/mol. The van der Waals surface area contributed by atoms with E-state index in [4.69, 9.17) is 18.9 Å². The maximum absolute atomic E-state index is 14.0. The number of hydrogen-bond donors (Lipinski definition) is 6. The smallest absolute Gasteiger partial charge is 0.302 e. The molecule has 4 saturated carbocycles. The zero-order chi connectivity index (χ0) is 36.3. The number of carbonyl (C=O) groups is 2. The van der Waals surface area contributed by atoms with E-state index < -0.39 is 78.0 Å². The first-order valence-corrected chi connectivity index (χ1v) is 18.8. The summed E-state index contributed by atoms with van der Waals surface area (Å²) in [6.45, 7) is 11.8. The Morgan fingerprint density at radius 3 is 2.34 bits per heavy atom. The van der Waals surface area contributed by atoms with Crippen LogP contribution in [0.1, 0.15) is 92.9 Å². The van der Waals surface area contributed by atoms with E-state index in [1.165, 1.54) is 6.92 Å². The van der Waals surface area contributed by atoms with Gasteiger partial charge in [0.1, 0.15) is 36.6 Å². The summed E-state index contributed by atoms with van der Waals surface area (Å²) in [6.07, 6.45) is -4.84. The second-order valence-corrected chi connectivity index (χ2v) is 18.0. The van der Waals surface area contributed by atoms with E-state index in [1.54, 1.807) is 0 Å². The lowest BCUT2D eigenvalue weighted by molar-refractivity contribution is -0.344. The first kappa shape index (κ1) is 36.9. The average Bonchev–Trinajstić information content (AvgIpc) is 3.38. The summed E-state index contributed by atoms with van der Waals surface area (Å²) in [5, 5.41) is 64.6. The molecule has 2 aliphatic heterocycles. The Hall–Kier alpha value is -1.48. The molecule has 7 aliphatic rings. The molecule has 0 aromatic heterocycles. The van der Waals surface area contributed by atoms with E-state index in [9.17, 15) is 40.2 Å². The molecule has 0 unspecified atom stereocenters. The third-order valence-corrected chi connectivity index (χ3v) is 15.8. The molecule has 50 heavy (non-hydrogen) atoms. The highest BCUT2D eigenvalue weighted by atomic mass is 16.7. The van der Waals surface area contributed by atoms with Crippen molar-refractivity contribution in [2.24, 2.45) is 50.7 Å². The number of ketones is 1. The minimum absolute atomic E-state index is 0.00597. The van der Waals surface area contributed by atoms with Gasteiger partial charge in [0.2, 0.25) is 0 Å². The molecule has 0 bridgehead atoms. The summed E-state index contributed by atoms with van der Waals surface area (Å²) in [5.74, 6) is -0.242. The van der Waals surface area contributed by atoms with Crippen LogP contribution in [0.3, 0.4) is 0 Å². The fourth-order valence-electron chi connectivity index (χ4n) is 13.3. The molecule has 5 aliphatic carbocycles. The zero-order valence-corrected chi connectivity index (χ0v) is 30.3. The highest BCUT2D eigenvalue weighted by Gasteiger charge is 2.73. The molecule has 12 nitrogen and oxygen atoms in total. The zero-order valence-electron chi connectivity index (χ0n) is 30.3. The number of hydrogen-bond acceptors (Lipinski definition) is 12. The van der Waals surface area contributed by atoms with Crippen LogP contribution in [0, 0.1) is 50.7 Å². The van der Waals surface area contributed by atoms with Crippen molar-refractivity contribution in [1.82, 2.24) is 0 Å². The van der Waals surface area contributed by atoms with Gasteiger partial charge in [0, 0.05) is 30.9 Å². The summed E-state index contributed by atoms with van der Waals surface area (Å²) in [7, 11) is 0. The predicted octanol–water partition coefficient (Wildman–Crippen LogP) is 1.99. The molecule has 12 heteroatoms. The van der Waals surface area contributed by atoms with Gasteiger partial charge in [0.15, 0.2) is 18.4 Å². The second kappa shape index (κ2) is 12.3. The van der Waals surface area contributed by atoms with Gasteiger partial charge in [-0.1, -0.05) is 40.2 Å². The summed E-state index contributed by atoms with van der Waals surface area (Å²) in [4.78, 5) is 26.7. The number of Topliss-reactive ketones (excluding diaryl/α,β-unsaturated/α-hetero) is 1. The molecular weight excluding hydrogens is 648 g/mol. The number of rotatable bonds is 5. The van der Waals surface area contributed by atoms with Gasteiger partial charge in [-0.25, -0.2) is 0 Å². The Balaban J connectivity index is 1.27. The number of fused-ring (bicyclic) bond motifs is 5. The first-order chi connectivity index (χ1) is 23.4. The van der Waals surface area contributed by atoms with Gasteiger partial charge in [-0.15, -0.1) is 0 Å². The van der Waals surface area contributed by atoms with Crippen molar-refractivity contribution >= 4 is 11.8 Å². The van der Waals surface area contributed by atoms with Gasteiger partial charge >= 0.3 is 5.97 Å². The van der Waals surface area contributed by atoms with E-state index in [0.29, 0.717) is 32.3 Å². The van der Waals surface area contributed by atoms with Crippen LogP contribution in [0.25, 0.3) is 0 Å². The van der Waals surface area contributed by atoms with Gasteiger partial charge in [-0.3, -0.25) is 9.59 Å². The Bertz CT molecular complexity index is 1410. The fraction of sp³-hybridized carbons (Fsp3) is 0.895. The lowest BCUT2D eigenvalue weighted by Crippen LogP contribution is -2.70. The van der Waals surface area contributed by atoms with E-state index >= 15 is 0 Å². The second-order valence-electron chi connectivity index (χ2n) is 18.0. The molecule has 6 N–H and O–H groups in total. The Morgan fingerprint density at radius 2 is 1.68 bits per heavy atom. The fourth-order valence-corrected chi connectivity index (χ4v) is 13.3. The van der Waals surface area contributed by atoms with E-state index in [1.807, 2.05) is 13.8 Å². The van der Waals surface area contributed by atoms with Gasteiger partial charge in [0.25, 0.3) is 0 Å². The highest BCUT2D eigenvalue weighted by Crippen LogP contribution is 2.76. The Labute approximate surface area is 294 Å². The largest absolute Gasteiger partial charge is 0.460 e. The molecule has 0 amide bonds. The third-order valence-electron chi connectivity index (χ3n) is 15.8. The topological polar surface area (TPSA) is 192 Å². The molecule has 16 atom stereocenters. The third kappa shape index (κ3) is 4.75. The number of esters is 1. The van der Waals surface area contributed by atoms with Gasteiger partial charge in [-0.05, 0) is 84.9 Å². The van der Waals surface area contributed by atoms with Crippen LogP contribution in [0.15, 0.2) is 11.1 Å². The van der Waals surface area contributed by atoms with Crippen molar-refractivity contribution in [3.05, 3.63) is 11.1 Å². The van der Waals surface area contributed by atoms with Crippen LogP contribution in [0.4, 0.5) is 0 Å². The maximum Gasteiger partial charge on any atom is 0.302 e. The normalized spacial score (nSPS) is 52.7.